The highest BCUT2D eigenvalue weighted by Gasteiger charge is 2.42. The maximum absolute atomic E-state index is 11.7. The Kier molecular flexibility index (Phi) is 7.16. The average molecular weight is 358 g/mol. The van der Waals surface area contributed by atoms with Crippen LogP contribution < -0.4 is 21.7 Å². The van der Waals surface area contributed by atoms with Crippen LogP contribution in [0.1, 0.15) is 38.5 Å². The summed E-state index contributed by atoms with van der Waals surface area (Å²) in [6, 6.07) is -0.472. The molecule has 3 amide bonds. The maximum Gasteiger partial charge on any atom is 0.320 e. The van der Waals surface area contributed by atoms with Gasteiger partial charge in [0.05, 0.1) is 12.1 Å². The fourth-order valence-corrected chi connectivity index (χ4v) is 4.58. The summed E-state index contributed by atoms with van der Waals surface area (Å²) in [4.78, 5) is 33.6. The van der Waals surface area contributed by atoms with E-state index in [9.17, 15) is 14.4 Å². The normalized spacial score (nSPS) is 26.4. The predicted octanol–water partition coefficient (Wildman–Crippen LogP) is 0.0205. The highest BCUT2D eigenvalue weighted by atomic mass is 32.2. The third-order valence-corrected chi connectivity index (χ3v) is 5.92. The average Bonchev–Trinajstić information content (AvgIpc) is 3.07. The van der Waals surface area contributed by atoms with Gasteiger partial charge in [0.15, 0.2) is 0 Å². The van der Waals surface area contributed by atoms with Crippen molar-refractivity contribution in [2.75, 3.05) is 12.3 Å². The SMILES string of the molecule is N[C@@H](CCCNC(=O)CCCC[C@@H]1SC[C@@H]2NC(=O)N[C@@H]21)C(=O)O. The number of carbonyl (C=O) groups excluding carboxylic acids is 2. The van der Waals surface area contributed by atoms with Crippen molar-refractivity contribution in [2.45, 2.75) is 61.9 Å². The lowest BCUT2D eigenvalue weighted by Gasteiger charge is -2.16. The molecule has 2 rings (SSSR count). The van der Waals surface area contributed by atoms with Gasteiger partial charge in [-0.1, -0.05) is 6.42 Å². The summed E-state index contributed by atoms with van der Waals surface area (Å²) >= 11 is 1.88. The fraction of sp³-hybridized carbons (Fsp3) is 0.800. The fourth-order valence-electron chi connectivity index (χ4n) is 3.04. The van der Waals surface area contributed by atoms with Crippen LogP contribution in [0.15, 0.2) is 0 Å². The van der Waals surface area contributed by atoms with Crippen molar-refractivity contribution >= 4 is 29.7 Å². The van der Waals surface area contributed by atoms with E-state index in [-0.39, 0.29) is 24.0 Å². The molecular weight excluding hydrogens is 332 g/mol. The van der Waals surface area contributed by atoms with E-state index in [4.69, 9.17) is 10.8 Å². The molecule has 2 fully saturated rings. The van der Waals surface area contributed by atoms with Gasteiger partial charge in [-0.15, -0.1) is 0 Å². The summed E-state index contributed by atoms with van der Waals surface area (Å²) < 4.78 is 0. The van der Waals surface area contributed by atoms with Gasteiger partial charge < -0.3 is 26.8 Å². The Morgan fingerprint density at radius 2 is 2.12 bits per heavy atom. The highest BCUT2D eigenvalue weighted by Crippen LogP contribution is 2.33. The molecule has 0 spiro atoms. The monoisotopic (exact) mass is 358 g/mol. The lowest BCUT2D eigenvalue weighted by Crippen LogP contribution is -2.36. The Balaban J connectivity index is 1.49. The molecular formula is C15H26N4O4S. The highest BCUT2D eigenvalue weighted by molar-refractivity contribution is 8.00. The molecule has 2 aliphatic rings. The number of urea groups is 1. The molecule has 24 heavy (non-hydrogen) atoms. The minimum absolute atomic E-state index is 0.00770. The molecule has 4 atom stereocenters. The van der Waals surface area contributed by atoms with Crippen molar-refractivity contribution in [1.29, 1.82) is 0 Å². The number of hydrogen-bond acceptors (Lipinski definition) is 5. The van der Waals surface area contributed by atoms with Crippen LogP contribution in [0.25, 0.3) is 0 Å². The third-order valence-electron chi connectivity index (χ3n) is 4.41. The standard InChI is InChI=1S/C15H26N4O4S/c16-9(14(21)22)4-3-7-17-12(20)6-2-1-5-11-13-10(8-24-11)18-15(23)19-13/h9-11,13H,1-8,16H2,(H,17,20)(H,21,22)(H2,18,19,23)/t9-,10-,11-,13-/m0/s1. The molecule has 0 radical (unpaired) electrons. The van der Waals surface area contributed by atoms with Gasteiger partial charge in [-0.3, -0.25) is 9.59 Å². The second-order valence-corrected chi connectivity index (χ2v) is 7.58. The van der Waals surface area contributed by atoms with Crippen molar-refractivity contribution < 1.29 is 19.5 Å². The Labute approximate surface area is 145 Å². The molecule has 0 aromatic heterocycles. The minimum Gasteiger partial charge on any atom is -0.480 e. The van der Waals surface area contributed by atoms with Crippen LogP contribution in [0.2, 0.25) is 0 Å². The van der Waals surface area contributed by atoms with Crippen molar-refractivity contribution in [1.82, 2.24) is 16.0 Å². The van der Waals surface area contributed by atoms with Crippen molar-refractivity contribution in [3.05, 3.63) is 0 Å². The quantitative estimate of drug-likeness (QED) is 0.276. The number of nitrogens with one attached hydrogen (secondary N) is 3. The second-order valence-electron chi connectivity index (χ2n) is 6.30. The van der Waals surface area contributed by atoms with Gasteiger partial charge in [0.2, 0.25) is 5.91 Å². The van der Waals surface area contributed by atoms with Gasteiger partial charge in [-0.05, 0) is 25.7 Å². The number of nitrogens with two attached hydrogens (primary N) is 1. The van der Waals surface area contributed by atoms with E-state index in [2.05, 4.69) is 16.0 Å². The first-order valence-corrected chi connectivity index (χ1v) is 9.46. The van der Waals surface area contributed by atoms with Crippen LogP contribution in [0, 0.1) is 0 Å². The van der Waals surface area contributed by atoms with Crippen molar-refractivity contribution in [3.63, 3.8) is 0 Å². The molecule has 0 saturated carbocycles. The number of carboxylic acids is 1. The number of carbonyl (C=O) groups is 3. The molecule has 2 saturated heterocycles. The first kappa shape index (κ1) is 18.9. The van der Waals surface area contributed by atoms with E-state index in [0.29, 0.717) is 31.1 Å². The zero-order chi connectivity index (χ0) is 17.5. The number of thioether (sulfide) groups is 1. The molecule has 6 N–H and O–H groups in total. The van der Waals surface area contributed by atoms with Gasteiger partial charge >= 0.3 is 12.0 Å². The Hall–Kier alpha value is -1.48. The first-order valence-electron chi connectivity index (χ1n) is 8.41. The topological polar surface area (TPSA) is 134 Å². The van der Waals surface area contributed by atoms with E-state index >= 15 is 0 Å². The Morgan fingerprint density at radius 1 is 1.33 bits per heavy atom. The zero-order valence-electron chi connectivity index (χ0n) is 13.6. The number of amides is 3. The van der Waals surface area contributed by atoms with Gasteiger partial charge in [0.25, 0.3) is 0 Å². The number of rotatable bonds is 10. The number of fused-ring (bicyclic) bond motifs is 1. The lowest BCUT2D eigenvalue weighted by molar-refractivity contribution is -0.138. The van der Waals surface area contributed by atoms with Crippen LogP contribution in [-0.4, -0.2) is 58.7 Å². The second kappa shape index (κ2) is 9.12. The predicted molar refractivity (Wildman–Crippen MR) is 91.8 cm³/mol. The van der Waals surface area contributed by atoms with Crippen LogP contribution in [0.4, 0.5) is 4.79 Å². The van der Waals surface area contributed by atoms with Crippen LogP contribution in [0.5, 0.6) is 0 Å². The Bertz CT molecular complexity index is 476. The van der Waals surface area contributed by atoms with E-state index < -0.39 is 12.0 Å². The summed E-state index contributed by atoms with van der Waals surface area (Å²) in [6.07, 6.45) is 4.16. The number of carboxylic acid groups (broad SMARTS) is 1. The molecule has 2 aliphatic heterocycles. The number of hydrogen-bond donors (Lipinski definition) is 5. The van der Waals surface area contributed by atoms with Crippen molar-refractivity contribution in [2.24, 2.45) is 5.73 Å². The van der Waals surface area contributed by atoms with E-state index in [1.54, 1.807) is 0 Å². The smallest absolute Gasteiger partial charge is 0.320 e. The summed E-state index contributed by atoms with van der Waals surface area (Å²) in [5.41, 5.74) is 5.39. The minimum atomic E-state index is -1.01. The summed E-state index contributed by atoms with van der Waals surface area (Å²) in [5.74, 6) is -0.0683. The molecule has 0 unspecified atom stereocenters. The molecule has 0 bridgehead atoms. The molecule has 2 heterocycles. The van der Waals surface area contributed by atoms with Crippen molar-refractivity contribution in [3.8, 4) is 0 Å². The third kappa shape index (κ3) is 5.55. The summed E-state index contributed by atoms with van der Waals surface area (Å²) in [5, 5.41) is 17.7. The molecule has 136 valence electrons. The Morgan fingerprint density at radius 3 is 2.88 bits per heavy atom. The lowest BCUT2D eigenvalue weighted by atomic mass is 10.0. The largest absolute Gasteiger partial charge is 0.480 e. The van der Waals surface area contributed by atoms with Crippen LogP contribution in [-0.2, 0) is 9.59 Å². The molecule has 0 aliphatic carbocycles. The van der Waals surface area contributed by atoms with Crippen LogP contribution >= 0.6 is 11.8 Å². The van der Waals surface area contributed by atoms with Gasteiger partial charge in [0.1, 0.15) is 6.04 Å². The van der Waals surface area contributed by atoms with Gasteiger partial charge in [0, 0.05) is 24.0 Å². The van der Waals surface area contributed by atoms with Gasteiger partial charge in [-0.25, -0.2) is 4.79 Å². The number of aliphatic carboxylic acids is 1. The van der Waals surface area contributed by atoms with Gasteiger partial charge in [-0.2, -0.15) is 11.8 Å². The summed E-state index contributed by atoms with van der Waals surface area (Å²) in [7, 11) is 0. The number of unbranched alkanes of at least 4 members (excludes halogenated alkanes) is 1. The summed E-state index contributed by atoms with van der Waals surface area (Å²) in [6.45, 7) is 0.458. The van der Waals surface area contributed by atoms with E-state index in [1.165, 1.54) is 0 Å². The zero-order valence-corrected chi connectivity index (χ0v) is 14.4. The molecule has 9 heteroatoms. The van der Waals surface area contributed by atoms with E-state index in [1.807, 2.05) is 11.8 Å². The first-order chi connectivity index (χ1) is 11.5. The van der Waals surface area contributed by atoms with Crippen LogP contribution in [0.3, 0.4) is 0 Å². The molecule has 0 aromatic rings. The maximum atomic E-state index is 11.7. The molecule has 8 nitrogen and oxygen atoms in total. The van der Waals surface area contributed by atoms with E-state index in [0.717, 1.165) is 25.0 Å². The molecule has 0 aromatic carbocycles.